The van der Waals surface area contributed by atoms with Gasteiger partial charge in [-0.15, -0.1) is 13.2 Å². The first-order chi connectivity index (χ1) is 21.3. The molecule has 1 aromatic carbocycles. The van der Waals surface area contributed by atoms with E-state index in [0.29, 0.717) is 37.1 Å². The molecule has 0 aliphatic heterocycles. The van der Waals surface area contributed by atoms with E-state index in [1.165, 1.54) is 11.1 Å². The Labute approximate surface area is 273 Å². The van der Waals surface area contributed by atoms with Crippen LogP contribution in [0.1, 0.15) is 97.1 Å². The van der Waals surface area contributed by atoms with Crippen molar-refractivity contribution >= 4 is 11.6 Å². The molecule has 248 valence electrons. The highest BCUT2D eigenvalue weighted by Crippen LogP contribution is 2.71. The molecule has 3 aliphatic carbocycles. The Morgan fingerprint density at radius 3 is 2.31 bits per heavy atom. The molecule has 4 heteroatoms. The van der Waals surface area contributed by atoms with Crippen molar-refractivity contribution in [3.63, 3.8) is 0 Å². The molecule has 4 rings (SSSR count). The molecule has 0 radical (unpaired) electrons. The van der Waals surface area contributed by atoms with Crippen molar-refractivity contribution in [1.82, 2.24) is 0 Å². The number of fused-ring (bicyclic) bond motifs is 2. The summed E-state index contributed by atoms with van der Waals surface area (Å²) in [6, 6.07) is 8.61. The molecule has 7 atom stereocenters. The van der Waals surface area contributed by atoms with E-state index in [9.17, 15) is 14.7 Å². The Morgan fingerprint density at radius 1 is 1.07 bits per heavy atom. The summed E-state index contributed by atoms with van der Waals surface area (Å²) in [7, 11) is 0. The van der Waals surface area contributed by atoms with Crippen molar-refractivity contribution in [2.24, 2.45) is 52.8 Å². The van der Waals surface area contributed by atoms with Gasteiger partial charge in [-0.05, 0) is 111 Å². The fraction of sp³-hybridized carbons (Fsp3) is 0.659. The zero-order chi connectivity index (χ0) is 32.9. The maximum atomic E-state index is 14.8. The van der Waals surface area contributed by atoms with Crippen LogP contribution in [0, 0.1) is 52.8 Å². The Kier molecular flexibility index (Phi) is 11.9. The average Bonchev–Trinajstić information content (AvgIpc) is 3.35. The molecule has 3 aliphatic rings. The smallest absolute Gasteiger partial charge is 0.140 e. The molecule has 0 amide bonds. The number of carbonyl (C=O) groups excluding carboxylic acids is 2. The van der Waals surface area contributed by atoms with Crippen molar-refractivity contribution < 1.29 is 19.4 Å². The van der Waals surface area contributed by atoms with E-state index in [2.05, 4.69) is 71.7 Å². The zero-order valence-electron chi connectivity index (χ0n) is 28.9. The first-order valence-corrected chi connectivity index (χ1v) is 17.6. The minimum absolute atomic E-state index is 0.0742. The summed E-state index contributed by atoms with van der Waals surface area (Å²) in [6.45, 7) is 23.6. The van der Waals surface area contributed by atoms with Gasteiger partial charge in [-0.1, -0.05) is 76.3 Å². The maximum absolute atomic E-state index is 14.8. The summed E-state index contributed by atoms with van der Waals surface area (Å²) in [5, 5.41) is 11.6. The van der Waals surface area contributed by atoms with Gasteiger partial charge in [0.15, 0.2) is 0 Å². The number of hydrogen-bond donors (Lipinski definition) is 1. The number of hydrogen-bond acceptors (Lipinski definition) is 4. The van der Waals surface area contributed by atoms with Gasteiger partial charge in [0, 0.05) is 30.8 Å². The van der Waals surface area contributed by atoms with E-state index in [0.717, 1.165) is 50.5 Å². The lowest BCUT2D eigenvalue weighted by Crippen LogP contribution is -2.43. The zero-order valence-corrected chi connectivity index (χ0v) is 28.9. The minimum Gasteiger partial charge on any atom is -0.387 e. The van der Waals surface area contributed by atoms with Gasteiger partial charge in [-0.25, -0.2) is 0 Å². The highest BCUT2D eigenvalue weighted by Gasteiger charge is 2.69. The molecule has 7 unspecified atom stereocenters. The highest BCUT2D eigenvalue weighted by atomic mass is 16.5. The van der Waals surface area contributed by atoms with Crippen LogP contribution in [0.3, 0.4) is 0 Å². The normalized spacial score (nSPS) is 26.0. The van der Waals surface area contributed by atoms with Crippen molar-refractivity contribution in [2.75, 3.05) is 13.2 Å². The number of carbonyl (C=O) groups is 2. The largest absolute Gasteiger partial charge is 0.387 e. The number of aliphatic hydroxyl groups is 1. The van der Waals surface area contributed by atoms with Gasteiger partial charge in [0.2, 0.25) is 0 Å². The molecule has 0 aromatic heterocycles. The lowest BCUT2D eigenvalue weighted by Gasteiger charge is -2.35. The molecule has 2 fully saturated rings. The molecule has 0 bridgehead atoms. The molecule has 0 saturated heterocycles. The Balaban J connectivity index is 1.55. The maximum Gasteiger partial charge on any atom is 0.140 e. The van der Waals surface area contributed by atoms with Gasteiger partial charge in [0.25, 0.3) is 0 Å². The fourth-order valence-electron chi connectivity index (χ4n) is 9.02. The van der Waals surface area contributed by atoms with E-state index < -0.39 is 5.60 Å². The lowest BCUT2D eigenvalue weighted by molar-refractivity contribution is -0.138. The predicted octanol–water partition coefficient (Wildman–Crippen LogP) is 8.76. The number of Topliss-reactive ketones (excluding diaryl/α,β-unsaturated/α-hetero) is 2. The van der Waals surface area contributed by atoms with Gasteiger partial charge in [0.1, 0.15) is 11.6 Å². The van der Waals surface area contributed by atoms with Crippen molar-refractivity contribution in [3.05, 3.63) is 72.9 Å². The SMILES string of the molecule is C=CCCCOCC(C)(O)C(CCC=C)CC(=O)C1C(C(=O)C(CC(=C)CC(C)C)C2Cc3ccccc3C2)CC2C1C2(C)C. The quantitative estimate of drug-likeness (QED) is 0.118. The summed E-state index contributed by atoms with van der Waals surface area (Å²) in [5.41, 5.74) is 2.80. The molecule has 1 aromatic rings. The van der Waals surface area contributed by atoms with Gasteiger partial charge < -0.3 is 9.84 Å². The van der Waals surface area contributed by atoms with E-state index in [1.54, 1.807) is 6.92 Å². The Hall–Kier alpha value is -2.30. The van der Waals surface area contributed by atoms with Crippen LogP contribution in [0.15, 0.2) is 61.7 Å². The number of unbranched alkanes of at least 4 members (excludes halogenated alkanes) is 1. The van der Waals surface area contributed by atoms with Gasteiger partial charge >= 0.3 is 0 Å². The Morgan fingerprint density at radius 2 is 1.71 bits per heavy atom. The van der Waals surface area contributed by atoms with Gasteiger partial charge in [0.05, 0.1) is 12.2 Å². The molecule has 2 saturated carbocycles. The van der Waals surface area contributed by atoms with Crippen molar-refractivity contribution in [1.29, 1.82) is 0 Å². The van der Waals surface area contributed by atoms with Crippen LogP contribution in [0.4, 0.5) is 0 Å². The molecular weight excluding hydrogens is 556 g/mol. The molecule has 0 spiro atoms. The predicted molar refractivity (Wildman–Crippen MR) is 185 cm³/mol. The van der Waals surface area contributed by atoms with Crippen LogP contribution in [-0.2, 0) is 27.2 Å². The summed E-state index contributed by atoms with van der Waals surface area (Å²) in [4.78, 5) is 29.2. The molecule has 0 heterocycles. The third kappa shape index (κ3) is 8.35. The Bertz CT molecular complexity index is 1200. The van der Waals surface area contributed by atoms with Gasteiger partial charge in [-0.2, -0.15) is 0 Å². The van der Waals surface area contributed by atoms with E-state index in [4.69, 9.17) is 4.74 Å². The van der Waals surface area contributed by atoms with E-state index in [-0.39, 0.29) is 59.7 Å². The van der Waals surface area contributed by atoms with E-state index >= 15 is 0 Å². The van der Waals surface area contributed by atoms with E-state index in [1.807, 2.05) is 12.2 Å². The van der Waals surface area contributed by atoms with Crippen molar-refractivity contribution in [3.8, 4) is 0 Å². The second kappa shape index (κ2) is 15.1. The monoisotopic (exact) mass is 616 g/mol. The number of ether oxygens (including phenoxy) is 1. The standard InChI is InChI=1S/C41H60O4/c1-9-11-15-19-45-26-41(8,44)32(18-12-10-2)24-36(42)37-34(25-35-38(37)40(35,6)7)39(43)33(21-28(5)20-27(3)4)31-22-29-16-13-14-17-30(29)23-31/h9-10,13-14,16-17,27,31-35,37-38,44H,1-2,5,11-12,15,18-26H2,3-4,6-8H3. The molecule has 45 heavy (non-hydrogen) atoms. The minimum atomic E-state index is -1.14. The third-order valence-corrected chi connectivity index (χ3v) is 11.6. The second-order valence-electron chi connectivity index (χ2n) is 15.9. The summed E-state index contributed by atoms with van der Waals surface area (Å²) in [5.74, 6) is 0.923. The molecule has 1 N–H and O–H groups in total. The van der Waals surface area contributed by atoms with Crippen LogP contribution in [0.2, 0.25) is 0 Å². The lowest BCUT2D eigenvalue weighted by atomic mass is 9.69. The fourth-order valence-corrected chi connectivity index (χ4v) is 9.02. The first kappa shape index (κ1) is 35.6. The van der Waals surface area contributed by atoms with Crippen LogP contribution in [0.5, 0.6) is 0 Å². The highest BCUT2D eigenvalue weighted by molar-refractivity contribution is 5.93. The molecule has 4 nitrogen and oxygen atoms in total. The number of ketones is 2. The summed E-state index contributed by atoms with van der Waals surface area (Å²) in [6.07, 6.45) is 11.4. The van der Waals surface area contributed by atoms with Crippen LogP contribution < -0.4 is 0 Å². The van der Waals surface area contributed by atoms with Crippen LogP contribution in [-0.4, -0.2) is 35.5 Å². The number of allylic oxidation sites excluding steroid dienone is 3. The first-order valence-electron chi connectivity index (χ1n) is 17.6. The third-order valence-electron chi connectivity index (χ3n) is 11.6. The second-order valence-corrected chi connectivity index (χ2v) is 15.9. The van der Waals surface area contributed by atoms with Gasteiger partial charge in [-0.3, -0.25) is 9.59 Å². The van der Waals surface area contributed by atoms with Crippen molar-refractivity contribution in [2.45, 2.75) is 104 Å². The van der Waals surface area contributed by atoms with Crippen LogP contribution >= 0.6 is 0 Å². The molecular formula is C41H60O4. The number of benzene rings is 1. The van der Waals surface area contributed by atoms with Crippen LogP contribution in [0.25, 0.3) is 0 Å². The number of rotatable bonds is 20. The summed E-state index contributed by atoms with van der Waals surface area (Å²) >= 11 is 0. The summed E-state index contributed by atoms with van der Waals surface area (Å²) < 4.78 is 5.87. The topological polar surface area (TPSA) is 63.6 Å². The average molecular weight is 617 g/mol.